The summed E-state index contributed by atoms with van der Waals surface area (Å²) in [5.74, 6) is 0.662. The molecule has 3 aliphatic rings. The fraction of sp³-hybridized carbons (Fsp3) is 0.444. The number of rotatable bonds is 3. The first-order chi connectivity index (χ1) is 11.2. The highest BCUT2D eigenvalue weighted by atomic mass is 16.3. The zero-order valence-corrected chi connectivity index (χ0v) is 13.0. The maximum absolute atomic E-state index is 12.6. The molecule has 0 radical (unpaired) electrons. The largest absolute Gasteiger partial charge is 0.464 e. The molecule has 1 aromatic heterocycles. The Morgan fingerprint density at radius 2 is 2.13 bits per heavy atom. The number of carbonyl (C=O) groups excluding carboxylic acids is 2. The number of piperidine rings is 1. The number of nitrogens with zero attached hydrogens (tertiary/aromatic N) is 1. The van der Waals surface area contributed by atoms with E-state index in [-0.39, 0.29) is 11.9 Å². The Labute approximate surface area is 134 Å². The minimum Gasteiger partial charge on any atom is -0.464 e. The van der Waals surface area contributed by atoms with Crippen molar-refractivity contribution in [1.82, 2.24) is 10.2 Å². The first kappa shape index (κ1) is 14.5. The molecule has 1 aromatic carbocycles. The van der Waals surface area contributed by atoms with E-state index in [1.807, 2.05) is 0 Å². The third-order valence-electron chi connectivity index (χ3n) is 5.13. The fourth-order valence-electron chi connectivity index (χ4n) is 3.85. The third-order valence-corrected chi connectivity index (χ3v) is 5.13. The summed E-state index contributed by atoms with van der Waals surface area (Å²) in [4.78, 5) is 26.0. The smallest absolute Gasteiger partial charge is 0.251 e. The normalized spacial score (nSPS) is 26.9. The summed E-state index contributed by atoms with van der Waals surface area (Å²) in [6.45, 7) is 3.25. The van der Waals surface area contributed by atoms with E-state index in [4.69, 9.17) is 4.42 Å². The molecule has 0 aliphatic carbocycles. The molecule has 5 rings (SSSR count). The lowest BCUT2D eigenvalue weighted by molar-refractivity contribution is 0.0928. The minimum absolute atomic E-state index is 0.0718. The molecule has 0 spiro atoms. The van der Waals surface area contributed by atoms with Gasteiger partial charge in [0.05, 0.1) is 5.56 Å². The number of benzene rings is 1. The Balaban J connectivity index is 1.53. The van der Waals surface area contributed by atoms with Crippen LogP contribution in [0.5, 0.6) is 0 Å². The Morgan fingerprint density at radius 1 is 1.30 bits per heavy atom. The molecule has 1 amide bonds. The van der Waals surface area contributed by atoms with E-state index in [1.54, 1.807) is 18.2 Å². The number of fused-ring (bicyclic) bond motifs is 5. The van der Waals surface area contributed by atoms with Gasteiger partial charge in [-0.3, -0.25) is 9.59 Å². The van der Waals surface area contributed by atoms with Gasteiger partial charge in [0.15, 0.2) is 6.29 Å². The molecule has 1 atom stereocenters. The van der Waals surface area contributed by atoms with Crippen LogP contribution in [0.1, 0.15) is 40.0 Å². The van der Waals surface area contributed by atoms with Crippen LogP contribution in [-0.2, 0) is 0 Å². The average molecular weight is 312 g/mol. The Bertz CT molecular complexity index is 730. The maximum atomic E-state index is 12.6. The van der Waals surface area contributed by atoms with Crippen molar-refractivity contribution in [3.8, 4) is 0 Å². The van der Waals surface area contributed by atoms with Gasteiger partial charge in [0.2, 0.25) is 0 Å². The summed E-state index contributed by atoms with van der Waals surface area (Å²) >= 11 is 0. The predicted molar refractivity (Wildman–Crippen MR) is 86.6 cm³/mol. The molecule has 0 unspecified atom stereocenters. The molecule has 120 valence electrons. The standard InChI is InChI=1S/C18H20N2O3/c21-10-14-11-23-17-2-1-13(8-16(14)17)18(22)19-15-7-12-3-5-20(9-15)6-4-12/h1-2,8,10-12,15H,3-7,9H2,(H,19,22)/t15-/m1/s1. The summed E-state index contributed by atoms with van der Waals surface area (Å²) in [5, 5.41) is 3.86. The first-order valence-corrected chi connectivity index (χ1v) is 8.22. The van der Waals surface area contributed by atoms with Gasteiger partial charge in [0.1, 0.15) is 11.8 Å². The lowest BCUT2D eigenvalue weighted by Crippen LogP contribution is -2.41. The highest BCUT2D eigenvalue weighted by Gasteiger charge is 2.30. The second-order valence-corrected chi connectivity index (χ2v) is 6.67. The van der Waals surface area contributed by atoms with E-state index < -0.39 is 0 Å². The third kappa shape index (κ3) is 2.77. The molecule has 4 heterocycles. The Kier molecular flexibility index (Phi) is 3.65. The Hall–Kier alpha value is -2.14. The van der Waals surface area contributed by atoms with Crippen molar-refractivity contribution in [1.29, 1.82) is 0 Å². The maximum Gasteiger partial charge on any atom is 0.251 e. The van der Waals surface area contributed by atoms with Gasteiger partial charge >= 0.3 is 0 Å². The molecule has 3 fully saturated rings. The summed E-state index contributed by atoms with van der Waals surface area (Å²) in [7, 11) is 0. The molecule has 5 heteroatoms. The zero-order valence-electron chi connectivity index (χ0n) is 13.0. The minimum atomic E-state index is -0.0718. The van der Waals surface area contributed by atoms with E-state index in [1.165, 1.54) is 19.1 Å². The van der Waals surface area contributed by atoms with Crippen molar-refractivity contribution < 1.29 is 14.0 Å². The molecule has 1 N–H and O–H groups in total. The lowest BCUT2D eigenvalue weighted by Gasteiger charge is -2.26. The van der Waals surface area contributed by atoms with Crippen LogP contribution in [0, 0.1) is 5.92 Å². The van der Waals surface area contributed by atoms with E-state index in [0.29, 0.717) is 22.1 Å². The molecule has 23 heavy (non-hydrogen) atoms. The monoisotopic (exact) mass is 312 g/mol. The van der Waals surface area contributed by atoms with E-state index in [0.717, 1.165) is 38.3 Å². The summed E-state index contributed by atoms with van der Waals surface area (Å²) in [6.07, 6.45) is 5.74. The van der Waals surface area contributed by atoms with E-state index >= 15 is 0 Å². The molecular weight excluding hydrogens is 292 g/mol. The van der Waals surface area contributed by atoms with E-state index in [9.17, 15) is 9.59 Å². The van der Waals surface area contributed by atoms with E-state index in [2.05, 4.69) is 10.2 Å². The predicted octanol–water partition coefficient (Wildman–Crippen LogP) is 2.46. The fourth-order valence-corrected chi connectivity index (χ4v) is 3.85. The van der Waals surface area contributed by atoms with Gasteiger partial charge < -0.3 is 14.6 Å². The number of nitrogens with one attached hydrogen (secondary N) is 1. The molecule has 3 saturated heterocycles. The van der Waals surface area contributed by atoms with Gasteiger partial charge in [-0.2, -0.15) is 0 Å². The van der Waals surface area contributed by atoms with Gasteiger partial charge in [-0.1, -0.05) is 0 Å². The topological polar surface area (TPSA) is 62.6 Å². The van der Waals surface area contributed by atoms with Crippen molar-refractivity contribution in [2.24, 2.45) is 5.92 Å². The summed E-state index contributed by atoms with van der Waals surface area (Å²) < 4.78 is 5.31. The number of furan rings is 1. The van der Waals surface area contributed by atoms with Crippen LogP contribution in [0.25, 0.3) is 11.0 Å². The second kappa shape index (κ2) is 5.81. The van der Waals surface area contributed by atoms with Crippen LogP contribution in [0.15, 0.2) is 28.9 Å². The average Bonchev–Trinajstić information content (AvgIpc) is 2.76. The molecule has 2 bridgehead atoms. The number of aldehydes is 1. The van der Waals surface area contributed by atoms with Crippen molar-refractivity contribution in [3.05, 3.63) is 35.6 Å². The summed E-state index contributed by atoms with van der Waals surface area (Å²) in [5.41, 5.74) is 1.68. The van der Waals surface area contributed by atoms with Crippen LogP contribution >= 0.6 is 0 Å². The first-order valence-electron chi connectivity index (χ1n) is 8.22. The van der Waals surface area contributed by atoms with Crippen LogP contribution in [0.4, 0.5) is 0 Å². The molecule has 3 aliphatic heterocycles. The SMILES string of the molecule is O=Cc1coc2ccc(C(=O)N[C@@H]3CC4CCN(CC4)C3)cc12. The number of carbonyl (C=O) groups is 2. The lowest BCUT2D eigenvalue weighted by atomic mass is 9.94. The molecular formula is C18H20N2O3. The second-order valence-electron chi connectivity index (χ2n) is 6.67. The van der Waals surface area contributed by atoms with Gasteiger partial charge in [-0.15, -0.1) is 0 Å². The van der Waals surface area contributed by atoms with Crippen LogP contribution in [0.3, 0.4) is 0 Å². The molecule has 5 nitrogen and oxygen atoms in total. The van der Waals surface area contributed by atoms with Gasteiger partial charge in [-0.05, 0) is 56.5 Å². The number of hydrogen-bond acceptors (Lipinski definition) is 4. The highest BCUT2D eigenvalue weighted by molar-refractivity contribution is 6.02. The van der Waals surface area contributed by atoms with Gasteiger partial charge in [0.25, 0.3) is 5.91 Å². The number of hydrogen-bond donors (Lipinski definition) is 1. The summed E-state index contributed by atoms with van der Waals surface area (Å²) in [6, 6.07) is 5.45. The van der Waals surface area contributed by atoms with Crippen LogP contribution in [-0.4, -0.2) is 42.8 Å². The Morgan fingerprint density at radius 3 is 2.91 bits per heavy atom. The van der Waals surface area contributed by atoms with Crippen molar-refractivity contribution >= 4 is 23.2 Å². The van der Waals surface area contributed by atoms with Gasteiger partial charge in [0, 0.05) is 23.5 Å². The zero-order chi connectivity index (χ0) is 15.8. The van der Waals surface area contributed by atoms with Gasteiger partial charge in [-0.25, -0.2) is 0 Å². The number of amides is 1. The van der Waals surface area contributed by atoms with Crippen molar-refractivity contribution in [3.63, 3.8) is 0 Å². The molecule has 2 aromatic rings. The highest BCUT2D eigenvalue weighted by Crippen LogP contribution is 2.27. The van der Waals surface area contributed by atoms with Crippen LogP contribution in [0.2, 0.25) is 0 Å². The van der Waals surface area contributed by atoms with Crippen molar-refractivity contribution in [2.45, 2.75) is 25.3 Å². The quantitative estimate of drug-likeness (QED) is 0.884. The van der Waals surface area contributed by atoms with Crippen molar-refractivity contribution in [2.75, 3.05) is 19.6 Å². The van der Waals surface area contributed by atoms with Crippen LogP contribution < -0.4 is 5.32 Å². The molecule has 0 saturated carbocycles.